The number of nitrogens with zero attached hydrogens (tertiary/aromatic N) is 2. The highest BCUT2D eigenvalue weighted by Gasteiger charge is 2.40. The molecule has 0 saturated carbocycles. The van der Waals surface area contributed by atoms with Gasteiger partial charge in [-0.3, -0.25) is 4.79 Å². The number of rotatable bonds is 1. The van der Waals surface area contributed by atoms with Crippen molar-refractivity contribution in [1.29, 1.82) is 0 Å². The summed E-state index contributed by atoms with van der Waals surface area (Å²) in [5.41, 5.74) is 0.214. The van der Waals surface area contributed by atoms with E-state index in [4.69, 9.17) is 4.74 Å². The van der Waals surface area contributed by atoms with Crippen LogP contribution in [-0.2, 0) is 4.74 Å². The fourth-order valence-corrected chi connectivity index (χ4v) is 2.99. The second-order valence-electron chi connectivity index (χ2n) is 6.57. The Bertz CT molecular complexity index is 595. The first-order valence-electron chi connectivity index (χ1n) is 7.32. The first-order chi connectivity index (χ1) is 10.6. The second-order valence-corrected chi connectivity index (χ2v) is 7.48. The molecule has 2 amide bonds. The lowest BCUT2D eigenvalue weighted by Crippen LogP contribution is -2.62. The molecule has 8 heteroatoms. The van der Waals surface area contributed by atoms with Crippen molar-refractivity contribution in [2.24, 2.45) is 0 Å². The number of amides is 2. The van der Waals surface area contributed by atoms with Crippen molar-refractivity contribution in [1.82, 2.24) is 10.0 Å². The molecule has 2 N–H and O–H groups in total. The third-order valence-corrected chi connectivity index (χ3v) is 4.27. The predicted octanol–water partition coefficient (Wildman–Crippen LogP) is 1.39. The molecule has 0 bridgehead atoms. The van der Waals surface area contributed by atoms with Gasteiger partial charge in [-0.1, -0.05) is 0 Å². The number of hydrazine groups is 1. The summed E-state index contributed by atoms with van der Waals surface area (Å²) in [4.78, 5) is 25.4. The fraction of sp³-hybridized carbons (Fsp3) is 0.600. The highest BCUT2D eigenvalue weighted by Crippen LogP contribution is 2.22. The molecular weight excluding hydrogens is 320 g/mol. The number of carbonyl (C=O) groups is 2. The molecule has 0 aliphatic carbocycles. The Balaban J connectivity index is 2.25. The highest BCUT2D eigenvalue weighted by molar-refractivity contribution is 7.12. The standard InChI is InChI=1S/C15H22N2O5S/c1-9-5-12(23-8-9)13(20)16-6-10(18)11(19)7-17(16)14(21)22-15(2,3)4/h5,8,10-11,18-19H,6-7H2,1-4H3/t10-,11+/m1/s1. The van der Waals surface area contributed by atoms with Crippen LogP contribution in [0.3, 0.4) is 0 Å². The summed E-state index contributed by atoms with van der Waals surface area (Å²) >= 11 is 1.27. The predicted molar refractivity (Wildman–Crippen MR) is 85.0 cm³/mol. The van der Waals surface area contributed by atoms with Gasteiger partial charge in [0.15, 0.2) is 0 Å². The minimum atomic E-state index is -1.13. The largest absolute Gasteiger partial charge is 0.442 e. The van der Waals surface area contributed by atoms with Gasteiger partial charge in [-0.15, -0.1) is 11.3 Å². The summed E-state index contributed by atoms with van der Waals surface area (Å²) < 4.78 is 5.29. The van der Waals surface area contributed by atoms with Crippen LogP contribution in [0.5, 0.6) is 0 Å². The van der Waals surface area contributed by atoms with E-state index in [1.165, 1.54) is 11.3 Å². The van der Waals surface area contributed by atoms with Crippen LogP contribution in [0, 0.1) is 6.92 Å². The van der Waals surface area contributed by atoms with Crippen LogP contribution in [0.2, 0.25) is 0 Å². The second kappa shape index (κ2) is 6.46. The van der Waals surface area contributed by atoms with E-state index in [1.807, 2.05) is 12.3 Å². The lowest BCUT2D eigenvalue weighted by molar-refractivity contribution is -0.122. The van der Waals surface area contributed by atoms with Gasteiger partial charge in [-0.05, 0) is 44.7 Å². The van der Waals surface area contributed by atoms with Crippen LogP contribution in [-0.4, -0.2) is 63.1 Å². The van der Waals surface area contributed by atoms with E-state index < -0.39 is 29.8 Å². The molecule has 2 heterocycles. The molecule has 0 radical (unpaired) electrons. The molecule has 2 rings (SSSR count). The van der Waals surface area contributed by atoms with E-state index in [0.717, 1.165) is 15.6 Å². The summed E-state index contributed by atoms with van der Waals surface area (Å²) in [7, 11) is 0. The van der Waals surface area contributed by atoms with Crippen LogP contribution >= 0.6 is 11.3 Å². The van der Waals surface area contributed by atoms with Crippen LogP contribution < -0.4 is 0 Å². The molecule has 1 saturated heterocycles. The van der Waals surface area contributed by atoms with Gasteiger partial charge in [-0.2, -0.15) is 0 Å². The number of aliphatic hydroxyl groups excluding tert-OH is 2. The topological polar surface area (TPSA) is 90.3 Å². The van der Waals surface area contributed by atoms with Gasteiger partial charge in [-0.25, -0.2) is 14.8 Å². The molecule has 1 aliphatic rings. The number of thiophene rings is 1. The average Bonchev–Trinajstić information content (AvgIpc) is 2.85. The summed E-state index contributed by atoms with van der Waals surface area (Å²) in [6.45, 7) is 6.65. The van der Waals surface area contributed by atoms with Crippen LogP contribution in [0.15, 0.2) is 11.4 Å². The zero-order chi connectivity index (χ0) is 17.4. The normalized spacial score (nSPS) is 22.2. The van der Waals surface area contributed by atoms with E-state index in [9.17, 15) is 19.8 Å². The van der Waals surface area contributed by atoms with E-state index in [1.54, 1.807) is 26.8 Å². The summed E-state index contributed by atoms with van der Waals surface area (Å²) in [5, 5.41) is 23.7. The number of hydrogen-bond donors (Lipinski definition) is 2. The molecule has 128 valence electrons. The summed E-state index contributed by atoms with van der Waals surface area (Å²) in [6, 6.07) is 1.72. The molecule has 0 spiro atoms. The third-order valence-electron chi connectivity index (χ3n) is 3.24. The molecule has 1 aromatic heterocycles. The Morgan fingerprint density at radius 1 is 1.22 bits per heavy atom. The Labute approximate surface area is 139 Å². The van der Waals surface area contributed by atoms with Crippen molar-refractivity contribution in [2.45, 2.75) is 45.5 Å². The van der Waals surface area contributed by atoms with Gasteiger partial charge in [0.2, 0.25) is 0 Å². The van der Waals surface area contributed by atoms with Crippen molar-refractivity contribution in [3.8, 4) is 0 Å². The lowest BCUT2D eigenvalue weighted by atomic mass is 10.1. The van der Waals surface area contributed by atoms with Gasteiger partial charge in [0, 0.05) is 0 Å². The van der Waals surface area contributed by atoms with Crippen molar-refractivity contribution in [3.63, 3.8) is 0 Å². The smallest absolute Gasteiger partial charge is 0.429 e. The Morgan fingerprint density at radius 2 is 1.78 bits per heavy atom. The fourth-order valence-electron chi connectivity index (χ4n) is 2.15. The molecule has 0 aromatic carbocycles. The maximum absolute atomic E-state index is 12.6. The van der Waals surface area contributed by atoms with E-state index >= 15 is 0 Å². The van der Waals surface area contributed by atoms with Gasteiger partial charge < -0.3 is 14.9 Å². The highest BCUT2D eigenvalue weighted by atomic mass is 32.1. The number of β-amino-alcohol motifs (C(OH)–C–C–N with tert-alkyl or cyclic N) is 2. The lowest BCUT2D eigenvalue weighted by Gasteiger charge is -2.42. The monoisotopic (exact) mass is 342 g/mol. The van der Waals surface area contributed by atoms with Gasteiger partial charge in [0.05, 0.1) is 18.0 Å². The van der Waals surface area contributed by atoms with Gasteiger partial charge in [0.1, 0.15) is 17.8 Å². The number of carbonyl (C=O) groups excluding carboxylic acids is 2. The number of aliphatic hydroxyl groups is 2. The Kier molecular flexibility index (Phi) is 4.98. The first kappa shape index (κ1) is 17.7. The van der Waals surface area contributed by atoms with Crippen molar-refractivity contribution in [3.05, 3.63) is 21.9 Å². The Morgan fingerprint density at radius 3 is 2.26 bits per heavy atom. The molecular formula is C15H22N2O5S. The SMILES string of the molecule is Cc1csc(C(=O)N2C[C@@H](O)[C@@H](O)CN2C(=O)OC(C)(C)C)c1. The van der Waals surface area contributed by atoms with Crippen LogP contribution in [0.25, 0.3) is 0 Å². The van der Waals surface area contributed by atoms with Crippen molar-refractivity contribution in [2.75, 3.05) is 13.1 Å². The summed E-state index contributed by atoms with van der Waals surface area (Å²) in [5.74, 6) is -0.403. The zero-order valence-electron chi connectivity index (χ0n) is 13.6. The average molecular weight is 342 g/mol. The van der Waals surface area contributed by atoms with Crippen LogP contribution in [0.1, 0.15) is 36.0 Å². The first-order valence-corrected chi connectivity index (χ1v) is 8.20. The number of aryl methyl sites for hydroxylation is 1. The molecule has 1 fully saturated rings. The third kappa shape index (κ3) is 4.21. The number of hydrogen-bond acceptors (Lipinski definition) is 6. The Hall–Kier alpha value is -1.64. The summed E-state index contributed by atoms with van der Waals surface area (Å²) in [6.07, 6.45) is -2.97. The minimum absolute atomic E-state index is 0.170. The van der Waals surface area contributed by atoms with E-state index in [2.05, 4.69) is 0 Å². The maximum Gasteiger partial charge on any atom is 0.429 e. The maximum atomic E-state index is 12.6. The van der Waals surface area contributed by atoms with Crippen molar-refractivity contribution >= 4 is 23.3 Å². The van der Waals surface area contributed by atoms with E-state index in [-0.39, 0.29) is 13.1 Å². The van der Waals surface area contributed by atoms with Crippen molar-refractivity contribution < 1.29 is 24.5 Å². The molecule has 0 unspecified atom stereocenters. The molecule has 23 heavy (non-hydrogen) atoms. The van der Waals surface area contributed by atoms with Gasteiger partial charge >= 0.3 is 6.09 Å². The van der Waals surface area contributed by atoms with E-state index in [0.29, 0.717) is 4.88 Å². The minimum Gasteiger partial charge on any atom is -0.442 e. The quantitative estimate of drug-likeness (QED) is 0.805. The molecule has 2 atom stereocenters. The number of ether oxygens (including phenoxy) is 1. The van der Waals surface area contributed by atoms with Gasteiger partial charge in [0.25, 0.3) is 5.91 Å². The zero-order valence-corrected chi connectivity index (χ0v) is 14.5. The molecule has 1 aliphatic heterocycles. The molecule has 1 aromatic rings. The van der Waals surface area contributed by atoms with Crippen LogP contribution in [0.4, 0.5) is 4.79 Å². The molecule has 7 nitrogen and oxygen atoms in total.